The molecule has 2 bridgehead atoms. The van der Waals surface area contributed by atoms with Gasteiger partial charge >= 0.3 is 0 Å². The Morgan fingerprint density at radius 1 is 1.29 bits per heavy atom. The Bertz CT molecular complexity index is 685. The van der Waals surface area contributed by atoms with Gasteiger partial charge in [-0.15, -0.1) is 0 Å². The van der Waals surface area contributed by atoms with Gasteiger partial charge in [-0.05, 0) is 31.4 Å². The summed E-state index contributed by atoms with van der Waals surface area (Å²) in [6.45, 7) is 2.89. The molecule has 1 saturated heterocycles. The molecule has 1 fully saturated rings. The van der Waals surface area contributed by atoms with Crippen molar-refractivity contribution >= 4 is 11.6 Å². The average molecular weight is 300 g/mol. The minimum atomic E-state index is 0.454. The van der Waals surface area contributed by atoms with Gasteiger partial charge in [-0.3, -0.25) is 4.90 Å². The quantitative estimate of drug-likeness (QED) is 0.846. The van der Waals surface area contributed by atoms with E-state index >= 15 is 0 Å². The lowest BCUT2D eigenvalue weighted by Gasteiger charge is -2.35. The summed E-state index contributed by atoms with van der Waals surface area (Å²) in [5.41, 5.74) is 3.79. The standard InChI is InChI=1S/C17H18ClN3/c1-11-19-9-14-16(20-11)8-13-6-7-17(14)21(13)10-12-4-2-3-5-15(12)18/h2-5,9,13,17H,6-8,10H2,1H3/t13-,17-/m1/s1. The van der Waals surface area contributed by atoms with Gasteiger partial charge in [-0.25, -0.2) is 9.97 Å². The molecule has 2 aliphatic rings. The molecule has 3 heterocycles. The highest BCUT2D eigenvalue weighted by molar-refractivity contribution is 6.31. The van der Waals surface area contributed by atoms with Gasteiger partial charge in [0.1, 0.15) is 5.82 Å². The fraction of sp³-hybridized carbons (Fsp3) is 0.412. The van der Waals surface area contributed by atoms with Gasteiger partial charge in [0.2, 0.25) is 0 Å². The van der Waals surface area contributed by atoms with E-state index in [1.54, 1.807) is 0 Å². The molecule has 4 heteroatoms. The van der Waals surface area contributed by atoms with Gasteiger partial charge in [0, 0.05) is 41.8 Å². The summed E-state index contributed by atoms with van der Waals surface area (Å²) in [7, 11) is 0. The van der Waals surface area contributed by atoms with Crippen molar-refractivity contribution in [2.24, 2.45) is 0 Å². The molecule has 2 aliphatic heterocycles. The van der Waals surface area contributed by atoms with Crippen LogP contribution in [0, 0.1) is 6.92 Å². The van der Waals surface area contributed by atoms with Crippen LogP contribution < -0.4 is 0 Å². The first-order chi connectivity index (χ1) is 10.2. The van der Waals surface area contributed by atoms with Gasteiger partial charge in [0.05, 0.1) is 5.69 Å². The Hall–Kier alpha value is -1.45. The minimum absolute atomic E-state index is 0.454. The van der Waals surface area contributed by atoms with Crippen LogP contribution in [0.2, 0.25) is 5.02 Å². The molecule has 2 aromatic rings. The number of nitrogens with zero attached hydrogens (tertiary/aromatic N) is 3. The van der Waals surface area contributed by atoms with Gasteiger partial charge in [0.15, 0.2) is 0 Å². The van der Waals surface area contributed by atoms with E-state index in [0.29, 0.717) is 12.1 Å². The van der Waals surface area contributed by atoms with E-state index in [-0.39, 0.29) is 0 Å². The Morgan fingerprint density at radius 3 is 3.00 bits per heavy atom. The molecule has 1 aromatic heterocycles. The Morgan fingerprint density at radius 2 is 2.14 bits per heavy atom. The van der Waals surface area contributed by atoms with E-state index in [2.05, 4.69) is 27.0 Å². The predicted octanol–water partition coefficient (Wildman–Crippen LogP) is 3.70. The van der Waals surface area contributed by atoms with E-state index in [1.807, 2.05) is 25.3 Å². The number of rotatable bonds is 2. The SMILES string of the molecule is Cc1ncc2c(n1)C[C@H]1CC[C@H]2N1Cc1ccccc1Cl. The van der Waals surface area contributed by atoms with E-state index in [4.69, 9.17) is 11.6 Å². The Kier molecular flexibility index (Phi) is 3.20. The van der Waals surface area contributed by atoms with E-state index < -0.39 is 0 Å². The highest BCUT2D eigenvalue weighted by Gasteiger charge is 2.40. The maximum atomic E-state index is 6.33. The van der Waals surface area contributed by atoms with Gasteiger partial charge in [-0.2, -0.15) is 0 Å². The normalized spacial score (nSPS) is 24.1. The van der Waals surface area contributed by atoms with Crippen LogP contribution in [0.5, 0.6) is 0 Å². The summed E-state index contributed by atoms with van der Waals surface area (Å²) in [6, 6.07) is 9.20. The zero-order valence-corrected chi connectivity index (χ0v) is 12.8. The highest BCUT2D eigenvalue weighted by atomic mass is 35.5. The van der Waals surface area contributed by atoms with Crippen LogP contribution in [0.15, 0.2) is 30.5 Å². The molecule has 4 rings (SSSR count). The maximum Gasteiger partial charge on any atom is 0.125 e. The molecule has 0 amide bonds. The van der Waals surface area contributed by atoms with Crippen LogP contribution in [-0.4, -0.2) is 20.9 Å². The summed E-state index contributed by atoms with van der Waals surface area (Å²) < 4.78 is 0. The third kappa shape index (κ3) is 2.25. The number of fused-ring (bicyclic) bond motifs is 4. The molecular weight excluding hydrogens is 282 g/mol. The molecular formula is C17H18ClN3. The largest absolute Gasteiger partial charge is 0.289 e. The van der Waals surface area contributed by atoms with Gasteiger partial charge in [-0.1, -0.05) is 29.8 Å². The van der Waals surface area contributed by atoms with E-state index in [1.165, 1.54) is 29.7 Å². The van der Waals surface area contributed by atoms with Crippen molar-refractivity contribution in [3.05, 3.63) is 58.1 Å². The smallest absolute Gasteiger partial charge is 0.125 e. The molecule has 3 nitrogen and oxygen atoms in total. The number of halogens is 1. The van der Waals surface area contributed by atoms with Crippen molar-refractivity contribution in [3.63, 3.8) is 0 Å². The number of hydrogen-bond donors (Lipinski definition) is 0. The number of hydrogen-bond acceptors (Lipinski definition) is 3. The molecule has 1 aromatic carbocycles. The first-order valence-electron chi connectivity index (χ1n) is 7.54. The van der Waals surface area contributed by atoms with Crippen LogP contribution in [0.3, 0.4) is 0 Å². The molecule has 0 N–H and O–H groups in total. The van der Waals surface area contributed by atoms with Crippen LogP contribution >= 0.6 is 11.6 Å². The molecule has 0 spiro atoms. The Balaban J connectivity index is 1.67. The van der Waals surface area contributed by atoms with Crippen molar-refractivity contribution in [1.29, 1.82) is 0 Å². The molecule has 2 atom stereocenters. The lowest BCUT2D eigenvalue weighted by atomic mass is 9.98. The highest BCUT2D eigenvalue weighted by Crippen LogP contribution is 2.43. The average Bonchev–Trinajstić information content (AvgIpc) is 2.75. The maximum absolute atomic E-state index is 6.33. The topological polar surface area (TPSA) is 29.0 Å². The van der Waals surface area contributed by atoms with E-state index in [0.717, 1.165) is 23.8 Å². The molecule has 108 valence electrons. The third-order valence-corrected chi connectivity index (χ3v) is 5.13. The molecule has 21 heavy (non-hydrogen) atoms. The summed E-state index contributed by atoms with van der Waals surface area (Å²) >= 11 is 6.33. The zero-order chi connectivity index (χ0) is 14.4. The summed E-state index contributed by atoms with van der Waals surface area (Å²) in [5, 5.41) is 0.864. The zero-order valence-electron chi connectivity index (χ0n) is 12.1. The van der Waals surface area contributed by atoms with Gasteiger partial charge < -0.3 is 0 Å². The lowest BCUT2D eigenvalue weighted by molar-refractivity contribution is 0.166. The lowest BCUT2D eigenvalue weighted by Crippen LogP contribution is -2.37. The fourth-order valence-corrected chi connectivity index (χ4v) is 3.94. The first kappa shape index (κ1) is 13.2. The van der Waals surface area contributed by atoms with Crippen LogP contribution in [0.4, 0.5) is 0 Å². The second kappa shape index (κ2) is 5.08. The second-order valence-corrected chi connectivity index (χ2v) is 6.44. The van der Waals surface area contributed by atoms with Crippen LogP contribution in [0.1, 0.15) is 41.5 Å². The predicted molar refractivity (Wildman–Crippen MR) is 83.2 cm³/mol. The summed E-state index contributed by atoms with van der Waals surface area (Å²) in [5.74, 6) is 0.882. The van der Waals surface area contributed by atoms with Crippen molar-refractivity contribution in [1.82, 2.24) is 14.9 Å². The second-order valence-electron chi connectivity index (χ2n) is 6.03. The third-order valence-electron chi connectivity index (χ3n) is 4.76. The Labute approximate surface area is 130 Å². The monoisotopic (exact) mass is 299 g/mol. The molecule has 0 unspecified atom stereocenters. The van der Waals surface area contributed by atoms with Crippen molar-refractivity contribution < 1.29 is 0 Å². The van der Waals surface area contributed by atoms with E-state index in [9.17, 15) is 0 Å². The fourth-order valence-electron chi connectivity index (χ4n) is 3.74. The van der Waals surface area contributed by atoms with Crippen molar-refractivity contribution in [2.45, 2.75) is 44.8 Å². The summed E-state index contributed by atoms with van der Waals surface area (Å²) in [6.07, 6.45) is 5.52. The van der Waals surface area contributed by atoms with Crippen LogP contribution in [0.25, 0.3) is 0 Å². The van der Waals surface area contributed by atoms with Gasteiger partial charge in [0.25, 0.3) is 0 Å². The molecule has 0 saturated carbocycles. The number of aryl methyl sites for hydroxylation is 1. The molecule has 0 aliphatic carbocycles. The first-order valence-corrected chi connectivity index (χ1v) is 7.92. The number of aromatic nitrogens is 2. The van der Waals surface area contributed by atoms with Crippen molar-refractivity contribution in [3.8, 4) is 0 Å². The van der Waals surface area contributed by atoms with Crippen LogP contribution in [-0.2, 0) is 13.0 Å². The summed E-state index contributed by atoms with van der Waals surface area (Å²) in [4.78, 5) is 11.6. The molecule has 0 radical (unpaired) electrons. The minimum Gasteiger partial charge on any atom is -0.289 e. The number of benzene rings is 1. The van der Waals surface area contributed by atoms with Crippen molar-refractivity contribution in [2.75, 3.05) is 0 Å².